The van der Waals surface area contributed by atoms with Crippen LogP contribution < -0.4 is 10.5 Å². The Hall–Kier alpha value is -2.24. The molecule has 4 rings (SSSR count). The number of rotatable bonds is 3. The highest BCUT2D eigenvalue weighted by Gasteiger charge is 2.27. The van der Waals surface area contributed by atoms with Crippen molar-refractivity contribution in [2.24, 2.45) is 0 Å². The number of nitrogens with zero attached hydrogens (tertiary/aromatic N) is 5. The molecule has 1 saturated heterocycles. The van der Waals surface area contributed by atoms with E-state index in [1.807, 2.05) is 6.07 Å². The van der Waals surface area contributed by atoms with E-state index in [9.17, 15) is 4.79 Å². The van der Waals surface area contributed by atoms with Gasteiger partial charge in [0.05, 0.1) is 18.3 Å². The average molecular weight is 311 g/mol. The molecule has 23 heavy (non-hydrogen) atoms. The fraction of sp³-hybridized carbons (Fsp3) is 0.529. The molecule has 0 radical (unpaired) electrons. The second kappa shape index (κ2) is 6.10. The highest BCUT2D eigenvalue weighted by Crippen LogP contribution is 2.24. The van der Waals surface area contributed by atoms with E-state index in [0.29, 0.717) is 6.54 Å². The summed E-state index contributed by atoms with van der Waals surface area (Å²) in [5.74, 6) is 0.938. The lowest BCUT2D eigenvalue weighted by atomic mass is 9.97. The lowest BCUT2D eigenvalue weighted by Crippen LogP contribution is -2.38. The number of fused-ring (bicyclic) bond motifs is 1. The SMILES string of the molecule is O=c1cc2c(nn1CC1CCCN1c1ccncn1)CCCC2. The summed E-state index contributed by atoms with van der Waals surface area (Å²) in [6, 6.07) is 4.00. The van der Waals surface area contributed by atoms with Gasteiger partial charge in [-0.3, -0.25) is 4.79 Å². The largest absolute Gasteiger partial charge is 0.352 e. The standard InChI is InChI=1S/C17H21N5O/c23-17-10-13-4-1-2-6-15(13)20-22(17)11-14-5-3-9-21(14)16-7-8-18-12-19-16/h7-8,10,12,14H,1-6,9,11H2. The molecule has 1 fully saturated rings. The molecule has 1 unspecified atom stereocenters. The number of aryl methyl sites for hydroxylation is 2. The number of anilines is 1. The van der Waals surface area contributed by atoms with E-state index in [4.69, 9.17) is 0 Å². The maximum absolute atomic E-state index is 12.4. The third-order valence-electron chi connectivity index (χ3n) is 4.90. The summed E-state index contributed by atoms with van der Waals surface area (Å²) < 4.78 is 1.66. The van der Waals surface area contributed by atoms with E-state index < -0.39 is 0 Å². The van der Waals surface area contributed by atoms with Crippen LogP contribution in [0.3, 0.4) is 0 Å². The van der Waals surface area contributed by atoms with Crippen LogP contribution in [0.5, 0.6) is 0 Å². The summed E-state index contributed by atoms with van der Waals surface area (Å²) in [5, 5.41) is 4.65. The predicted molar refractivity (Wildman–Crippen MR) is 87.5 cm³/mol. The van der Waals surface area contributed by atoms with Crippen LogP contribution in [0.1, 0.15) is 36.9 Å². The molecule has 0 aromatic carbocycles. The van der Waals surface area contributed by atoms with Crippen molar-refractivity contribution in [3.8, 4) is 0 Å². The second-order valence-electron chi connectivity index (χ2n) is 6.40. The van der Waals surface area contributed by atoms with Crippen LogP contribution in [-0.2, 0) is 19.4 Å². The van der Waals surface area contributed by atoms with Crippen LogP contribution in [0.15, 0.2) is 29.5 Å². The molecule has 0 bridgehead atoms. The average Bonchev–Trinajstić information content (AvgIpc) is 3.04. The van der Waals surface area contributed by atoms with E-state index in [-0.39, 0.29) is 11.6 Å². The summed E-state index contributed by atoms with van der Waals surface area (Å²) in [6.07, 6.45) is 9.86. The highest BCUT2D eigenvalue weighted by molar-refractivity contribution is 5.39. The van der Waals surface area contributed by atoms with Crippen LogP contribution in [0.25, 0.3) is 0 Å². The van der Waals surface area contributed by atoms with Crippen LogP contribution in [0.2, 0.25) is 0 Å². The fourth-order valence-electron chi connectivity index (χ4n) is 3.71. The Balaban J connectivity index is 1.59. The minimum atomic E-state index is 0.0280. The Morgan fingerprint density at radius 3 is 3.00 bits per heavy atom. The Bertz CT molecular complexity index is 742. The molecule has 2 aromatic rings. The highest BCUT2D eigenvalue weighted by atomic mass is 16.1. The molecule has 6 nitrogen and oxygen atoms in total. The summed E-state index contributed by atoms with van der Waals surface area (Å²) in [7, 11) is 0. The minimum absolute atomic E-state index is 0.0280. The molecule has 120 valence electrons. The minimum Gasteiger partial charge on any atom is -0.352 e. The number of aromatic nitrogens is 4. The van der Waals surface area contributed by atoms with Gasteiger partial charge in [0, 0.05) is 18.8 Å². The van der Waals surface area contributed by atoms with Crippen molar-refractivity contribution in [3.05, 3.63) is 46.3 Å². The quantitative estimate of drug-likeness (QED) is 0.861. The van der Waals surface area contributed by atoms with Gasteiger partial charge in [0.2, 0.25) is 0 Å². The Kier molecular flexibility index (Phi) is 3.81. The van der Waals surface area contributed by atoms with Crippen molar-refractivity contribution in [3.63, 3.8) is 0 Å². The first-order valence-corrected chi connectivity index (χ1v) is 8.44. The van der Waals surface area contributed by atoms with Crippen LogP contribution in [0, 0.1) is 0 Å². The first-order valence-electron chi connectivity index (χ1n) is 8.44. The molecule has 0 spiro atoms. The van der Waals surface area contributed by atoms with E-state index in [2.05, 4.69) is 20.0 Å². The molecule has 3 heterocycles. The Labute approximate surface area is 135 Å². The van der Waals surface area contributed by atoms with E-state index in [0.717, 1.165) is 49.3 Å². The first kappa shape index (κ1) is 14.4. The lowest BCUT2D eigenvalue weighted by Gasteiger charge is -2.26. The van der Waals surface area contributed by atoms with Gasteiger partial charge in [-0.25, -0.2) is 14.6 Å². The molecule has 0 saturated carbocycles. The Morgan fingerprint density at radius 1 is 1.22 bits per heavy atom. The van der Waals surface area contributed by atoms with Gasteiger partial charge in [0.25, 0.3) is 5.56 Å². The number of hydrogen-bond donors (Lipinski definition) is 0. The van der Waals surface area contributed by atoms with Gasteiger partial charge >= 0.3 is 0 Å². The second-order valence-corrected chi connectivity index (χ2v) is 6.40. The van der Waals surface area contributed by atoms with Crippen molar-refractivity contribution in [2.45, 2.75) is 51.1 Å². The van der Waals surface area contributed by atoms with Gasteiger partial charge in [-0.05, 0) is 50.2 Å². The van der Waals surface area contributed by atoms with Crippen molar-refractivity contribution in [1.82, 2.24) is 19.7 Å². The molecule has 1 aliphatic heterocycles. The molecule has 1 atom stereocenters. The smallest absolute Gasteiger partial charge is 0.267 e. The van der Waals surface area contributed by atoms with Gasteiger partial charge < -0.3 is 4.90 Å². The Morgan fingerprint density at radius 2 is 2.13 bits per heavy atom. The molecule has 0 amide bonds. The molecule has 0 N–H and O–H groups in total. The molecule has 6 heteroatoms. The van der Waals surface area contributed by atoms with Gasteiger partial charge in [-0.2, -0.15) is 5.10 Å². The van der Waals surface area contributed by atoms with Crippen LogP contribution in [0.4, 0.5) is 5.82 Å². The van der Waals surface area contributed by atoms with Crippen molar-refractivity contribution in [2.75, 3.05) is 11.4 Å². The maximum Gasteiger partial charge on any atom is 0.267 e. The van der Waals surface area contributed by atoms with Crippen LogP contribution in [-0.4, -0.2) is 32.3 Å². The summed E-state index contributed by atoms with van der Waals surface area (Å²) in [6.45, 7) is 1.61. The topological polar surface area (TPSA) is 63.9 Å². The molecular weight excluding hydrogens is 290 g/mol. The molecule has 2 aliphatic rings. The summed E-state index contributed by atoms with van der Waals surface area (Å²) in [4.78, 5) is 23.0. The van der Waals surface area contributed by atoms with Crippen molar-refractivity contribution in [1.29, 1.82) is 0 Å². The fourth-order valence-corrected chi connectivity index (χ4v) is 3.71. The lowest BCUT2D eigenvalue weighted by molar-refractivity contribution is 0.472. The summed E-state index contributed by atoms with van der Waals surface area (Å²) >= 11 is 0. The van der Waals surface area contributed by atoms with E-state index in [1.54, 1.807) is 23.3 Å². The van der Waals surface area contributed by atoms with Gasteiger partial charge in [0.1, 0.15) is 12.1 Å². The summed E-state index contributed by atoms with van der Waals surface area (Å²) in [5.41, 5.74) is 2.29. The van der Waals surface area contributed by atoms with Gasteiger partial charge in [0.15, 0.2) is 0 Å². The maximum atomic E-state index is 12.4. The normalized spacial score (nSPS) is 20.5. The predicted octanol–water partition coefficient (Wildman–Crippen LogP) is 1.58. The molecule has 1 aliphatic carbocycles. The van der Waals surface area contributed by atoms with E-state index in [1.165, 1.54) is 12.8 Å². The van der Waals surface area contributed by atoms with E-state index >= 15 is 0 Å². The first-order chi connectivity index (χ1) is 11.3. The number of hydrogen-bond acceptors (Lipinski definition) is 5. The third-order valence-corrected chi connectivity index (χ3v) is 4.90. The van der Waals surface area contributed by atoms with Crippen molar-refractivity contribution >= 4 is 5.82 Å². The zero-order chi connectivity index (χ0) is 15.6. The monoisotopic (exact) mass is 311 g/mol. The zero-order valence-electron chi connectivity index (χ0n) is 13.2. The van der Waals surface area contributed by atoms with Gasteiger partial charge in [-0.1, -0.05) is 0 Å². The van der Waals surface area contributed by atoms with Gasteiger partial charge in [-0.15, -0.1) is 0 Å². The van der Waals surface area contributed by atoms with Crippen LogP contribution >= 0.6 is 0 Å². The van der Waals surface area contributed by atoms with Crippen molar-refractivity contribution < 1.29 is 0 Å². The zero-order valence-corrected chi connectivity index (χ0v) is 13.2. The molecule has 2 aromatic heterocycles. The third kappa shape index (κ3) is 2.85. The molecular formula is C17H21N5O.